The molecule has 0 aliphatic carbocycles. The van der Waals surface area contributed by atoms with Crippen LogP contribution < -0.4 is 14.8 Å². The number of aromatic nitrogens is 1. The van der Waals surface area contributed by atoms with Crippen LogP contribution in [-0.2, 0) is 9.59 Å². The molecular formula is C20H23N3O5. The summed E-state index contributed by atoms with van der Waals surface area (Å²) in [5, 5.41) is 4.06. The van der Waals surface area contributed by atoms with Crippen molar-refractivity contribution in [1.29, 1.82) is 0 Å². The summed E-state index contributed by atoms with van der Waals surface area (Å²) in [6, 6.07) is 5.26. The molecule has 1 aromatic carbocycles. The molecule has 2 saturated heterocycles. The first-order valence-corrected chi connectivity index (χ1v) is 9.40. The molecule has 2 aliphatic rings. The highest BCUT2D eigenvalue weighted by Crippen LogP contribution is 2.40. The van der Waals surface area contributed by atoms with Gasteiger partial charge in [-0.15, -0.1) is 0 Å². The normalized spacial score (nSPS) is 18.8. The standard InChI is InChI=1S/C20H23N3O5/c1-27-16-10-15-13(8-14(12-24)22-15)9-17(16)28-7-6-23-18(25)11-20(19(23)26)2-4-21-5-3-20/h8-10,12,21-22H,2-7,11H2,1H3. The molecule has 2 fully saturated rings. The van der Waals surface area contributed by atoms with E-state index in [4.69, 9.17) is 9.47 Å². The van der Waals surface area contributed by atoms with Gasteiger partial charge >= 0.3 is 0 Å². The molecule has 4 rings (SSSR count). The van der Waals surface area contributed by atoms with Crippen molar-refractivity contribution in [1.82, 2.24) is 15.2 Å². The summed E-state index contributed by atoms with van der Waals surface area (Å²) in [5.41, 5.74) is 0.703. The molecule has 148 valence electrons. The van der Waals surface area contributed by atoms with E-state index >= 15 is 0 Å². The minimum atomic E-state index is -0.532. The van der Waals surface area contributed by atoms with Crippen LogP contribution in [0.15, 0.2) is 18.2 Å². The smallest absolute Gasteiger partial charge is 0.236 e. The number of hydrogen-bond donors (Lipinski definition) is 2. The van der Waals surface area contributed by atoms with E-state index in [9.17, 15) is 14.4 Å². The third-order valence-electron chi connectivity index (χ3n) is 5.68. The fourth-order valence-corrected chi connectivity index (χ4v) is 4.13. The number of methoxy groups -OCH3 is 1. The molecule has 2 amide bonds. The van der Waals surface area contributed by atoms with Gasteiger partial charge in [-0.3, -0.25) is 19.3 Å². The molecule has 3 heterocycles. The van der Waals surface area contributed by atoms with Gasteiger partial charge in [-0.1, -0.05) is 0 Å². The zero-order valence-electron chi connectivity index (χ0n) is 15.7. The minimum Gasteiger partial charge on any atom is -0.493 e. The van der Waals surface area contributed by atoms with Gasteiger partial charge in [-0.2, -0.15) is 0 Å². The number of rotatable bonds is 6. The Labute approximate surface area is 162 Å². The van der Waals surface area contributed by atoms with Crippen molar-refractivity contribution in [3.8, 4) is 11.5 Å². The van der Waals surface area contributed by atoms with Crippen molar-refractivity contribution in [3.05, 3.63) is 23.9 Å². The number of amides is 2. The molecular weight excluding hydrogens is 362 g/mol. The number of carbonyl (C=O) groups excluding carboxylic acids is 3. The summed E-state index contributed by atoms with van der Waals surface area (Å²) in [6.45, 7) is 1.92. The van der Waals surface area contributed by atoms with Crippen molar-refractivity contribution < 1.29 is 23.9 Å². The van der Waals surface area contributed by atoms with Crippen LogP contribution in [0.25, 0.3) is 10.9 Å². The highest BCUT2D eigenvalue weighted by atomic mass is 16.5. The van der Waals surface area contributed by atoms with Crippen molar-refractivity contribution in [2.45, 2.75) is 19.3 Å². The second-order valence-electron chi connectivity index (χ2n) is 7.34. The third-order valence-corrected chi connectivity index (χ3v) is 5.68. The summed E-state index contributed by atoms with van der Waals surface area (Å²) in [7, 11) is 1.53. The lowest BCUT2D eigenvalue weighted by molar-refractivity contribution is -0.142. The van der Waals surface area contributed by atoms with Crippen molar-refractivity contribution in [3.63, 3.8) is 0 Å². The predicted octanol–water partition coefficient (Wildman–Crippen LogP) is 1.50. The van der Waals surface area contributed by atoms with Gasteiger partial charge in [-0.05, 0) is 38.1 Å². The molecule has 0 atom stereocenters. The van der Waals surface area contributed by atoms with Crippen LogP contribution in [0.1, 0.15) is 29.8 Å². The summed E-state index contributed by atoms with van der Waals surface area (Å²) in [6.07, 6.45) is 2.44. The molecule has 1 spiro atoms. The lowest BCUT2D eigenvalue weighted by Gasteiger charge is -2.31. The molecule has 28 heavy (non-hydrogen) atoms. The Morgan fingerprint density at radius 2 is 1.96 bits per heavy atom. The number of benzene rings is 1. The fraction of sp³-hybridized carbons (Fsp3) is 0.450. The Hall–Kier alpha value is -2.87. The molecule has 8 heteroatoms. The van der Waals surface area contributed by atoms with Crippen molar-refractivity contribution in [2.24, 2.45) is 5.41 Å². The lowest BCUT2D eigenvalue weighted by atomic mass is 9.77. The van der Waals surface area contributed by atoms with Gasteiger partial charge in [0.25, 0.3) is 0 Å². The molecule has 2 N–H and O–H groups in total. The number of carbonyl (C=O) groups is 3. The molecule has 2 aromatic rings. The minimum absolute atomic E-state index is 0.0775. The molecule has 1 aromatic heterocycles. The van der Waals surface area contributed by atoms with Crippen LogP contribution in [-0.4, -0.2) is 61.3 Å². The van der Waals surface area contributed by atoms with Crippen molar-refractivity contribution >= 4 is 29.0 Å². The number of imide groups is 1. The Morgan fingerprint density at radius 1 is 1.18 bits per heavy atom. The van der Waals surface area contributed by atoms with E-state index in [0.717, 1.165) is 30.3 Å². The molecule has 2 aliphatic heterocycles. The number of nitrogens with one attached hydrogen (secondary N) is 2. The molecule has 8 nitrogen and oxygen atoms in total. The lowest BCUT2D eigenvalue weighted by Crippen LogP contribution is -2.43. The fourth-order valence-electron chi connectivity index (χ4n) is 4.13. The van der Waals surface area contributed by atoms with E-state index in [1.807, 2.05) is 0 Å². The summed E-state index contributed by atoms with van der Waals surface area (Å²) in [4.78, 5) is 40.5. The number of likely N-dealkylation sites (tertiary alicyclic amines) is 1. The molecule has 0 radical (unpaired) electrons. The van der Waals surface area contributed by atoms with Crippen LogP contribution >= 0.6 is 0 Å². The van der Waals surface area contributed by atoms with E-state index in [2.05, 4.69) is 10.3 Å². The van der Waals surface area contributed by atoms with Gasteiger partial charge in [0.2, 0.25) is 11.8 Å². The Bertz CT molecular complexity index is 929. The topological polar surface area (TPSA) is 101 Å². The number of piperidine rings is 1. The number of ether oxygens (including phenoxy) is 2. The maximum absolute atomic E-state index is 12.8. The number of nitrogens with zero attached hydrogens (tertiary/aromatic N) is 1. The summed E-state index contributed by atoms with van der Waals surface area (Å²) >= 11 is 0. The number of hydrogen-bond acceptors (Lipinski definition) is 6. The van der Waals surface area contributed by atoms with Gasteiger partial charge in [0.1, 0.15) is 6.61 Å². The van der Waals surface area contributed by atoms with E-state index in [1.54, 1.807) is 18.2 Å². The van der Waals surface area contributed by atoms with Gasteiger partial charge < -0.3 is 19.8 Å². The SMILES string of the molecule is COc1cc2[nH]c(C=O)cc2cc1OCCN1C(=O)CC2(CCNCC2)C1=O. The van der Waals surface area contributed by atoms with Gasteiger partial charge in [0, 0.05) is 23.4 Å². The van der Waals surface area contributed by atoms with E-state index in [1.165, 1.54) is 12.0 Å². The summed E-state index contributed by atoms with van der Waals surface area (Å²) < 4.78 is 11.2. The van der Waals surface area contributed by atoms with E-state index in [-0.39, 0.29) is 25.0 Å². The highest BCUT2D eigenvalue weighted by molar-refractivity contribution is 6.06. The highest BCUT2D eigenvalue weighted by Gasteiger charge is 2.51. The Kier molecular flexibility index (Phi) is 4.80. The Morgan fingerprint density at radius 3 is 2.68 bits per heavy atom. The summed E-state index contributed by atoms with van der Waals surface area (Å²) in [5.74, 6) is 0.813. The second-order valence-corrected chi connectivity index (χ2v) is 7.34. The van der Waals surface area contributed by atoms with Crippen LogP contribution in [0.4, 0.5) is 0 Å². The number of aldehydes is 1. The number of fused-ring (bicyclic) bond motifs is 1. The predicted molar refractivity (Wildman–Crippen MR) is 102 cm³/mol. The Balaban J connectivity index is 1.45. The largest absolute Gasteiger partial charge is 0.493 e. The quantitative estimate of drug-likeness (QED) is 0.577. The second kappa shape index (κ2) is 7.27. The maximum Gasteiger partial charge on any atom is 0.236 e. The number of H-pyrrole nitrogens is 1. The van der Waals surface area contributed by atoms with Gasteiger partial charge in [0.05, 0.1) is 24.8 Å². The molecule has 0 unspecified atom stereocenters. The van der Waals surface area contributed by atoms with Crippen LogP contribution in [0.5, 0.6) is 11.5 Å². The molecule has 0 bridgehead atoms. The first-order chi connectivity index (χ1) is 13.6. The molecule has 0 saturated carbocycles. The number of aromatic amines is 1. The first kappa shape index (κ1) is 18.5. The average Bonchev–Trinajstić information content (AvgIpc) is 3.21. The van der Waals surface area contributed by atoms with Gasteiger partial charge in [-0.25, -0.2) is 0 Å². The van der Waals surface area contributed by atoms with Crippen molar-refractivity contribution in [2.75, 3.05) is 33.4 Å². The van der Waals surface area contributed by atoms with Crippen LogP contribution in [0.2, 0.25) is 0 Å². The van der Waals surface area contributed by atoms with Crippen LogP contribution in [0.3, 0.4) is 0 Å². The van der Waals surface area contributed by atoms with E-state index < -0.39 is 5.41 Å². The van der Waals surface area contributed by atoms with E-state index in [0.29, 0.717) is 36.5 Å². The maximum atomic E-state index is 12.8. The van der Waals surface area contributed by atoms with Crippen LogP contribution in [0, 0.1) is 5.41 Å². The zero-order chi connectivity index (χ0) is 19.7. The first-order valence-electron chi connectivity index (χ1n) is 9.40. The zero-order valence-corrected chi connectivity index (χ0v) is 15.7. The van der Waals surface area contributed by atoms with Gasteiger partial charge in [0.15, 0.2) is 17.8 Å². The monoisotopic (exact) mass is 385 g/mol. The average molecular weight is 385 g/mol. The third kappa shape index (κ3) is 3.13.